The van der Waals surface area contributed by atoms with Crippen LogP contribution < -0.4 is 5.32 Å². The molecule has 2 N–H and O–H groups in total. The van der Waals surface area contributed by atoms with Crippen LogP contribution in [0.1, 0.15) is 6.92 Å². The number of likely N-dealkylation sites (N-methyl/N-ethyl adjacent to an activating group) is 1. The zero-order chi connectivity index (χ0) is 18.3. The van der Waals surface area contributed by atoms with Crippen molar-refractivity contribution in [2.45, 2.75) is 17.0 Å². The highest BCUT2D eigenvalue weighted by Crippen LogP contribution is 2.18. The normalized spacial score (nSPS) is 11.6. The third-order valence-electron chi connectivity index (χ3n) is 3.18. The van der Waals surface area contributed by atoms with Gasteiger partial charge in [-0.2, -0.15) is 9.40 Å². The number of thioether (sulfide) groups is 1. The molecule has 0 saturated carbocycles. The number of aromatic amines is 1. The van der Waals surface area contributed by atoms with Crippen molar-refractivity contribution >= 4 is 39.3 Å². The number of nitrogens with zero attached hydrogens (tertiary/aromatic N) is 3. The zero-order valence-electron chi connectivity index (χ0n) is 13.5. The van der Waals surface area contributed by atoms with Crippen LogP contribution in [-0.4, -0.2) is 59.2 Å². The summed E-state index contributed by atoms with van der Waals surface area (Å²) in [6.07, 6.45) is 1.40. The number of rotatable bonds is 9. The number of amides is 1. The predicted molar refractivity (Wildman–Crippen MR) is 96.0 cm³/mol. The van der Waals surface area contributed by atoms with Crippen LogP contribution in [0, 0.1) is 0 Å². The molecule has 1 amide bonds. The van der Waals surface area contributed by atoms with Gasteiger partial charge in [-0.3, -0.25) is 9.89 Å². The number of hydrogen-bond donors (Lipinski definition) is 2. The molecule has 8 nitrogen and oxygen atoms in total. The van der Waals surface area contributed by atoms with Gasteiger partial charge < -0.3 is 5.32 Å². The van der Waals surface area contributed by atoms with Crippen LogP contribution in [0.2, 0.25) is 5.02 Å². The zero-order valence-corrected chi connectivity index (χ0v) is 15.9. The second-order valence-corrected chi connectivity index (χ2v) is 8.33. The summed E-state index contributed by atoms with van der Waals surface area (Å²) in [4.78, 5) is 16.1. The minimum Gasteiger partial charge on any atom is -0.354 e. The first-order chi connectivity index (χ1) is 11.9. The Balaban J connectivity index is 1.87. The number of hydrogen-bond acceptors (Lipinski definition) is 6. The van der Waals surface area contributed by atoms with E-state index < -0.39 is 10.0 Å². The maximum atomic E-state index is 12.6. The van der Waals surface area contributed by atoms with Crippen molar-refractivity contribution in [3.8, 4) is 0 Å². The number of H-pyrrole nitrogens is 1. The number of sulfonamides is 1. The van der Waals surface area contributed by atoms with Crippen LogP contribution in [0.5, 0.6) is 0 Å². The first-order valence-corrected chi connectivity index (χ1v) is 10.2. The van der Waals surface area contributed by atoms with Gasteiger partial charge in [0.2, 0.25) is 15.9 Å². The maximum Gasteiger partial charge on any atom is 0.243 e. The summed E-state index contributed by atoms with van der Waals surface area (Å²) in [5.74, 6) is 0.231. The summed E-state index contributed by atoms with van der Waals surface area (Å²) < 4.78 is 26.3. The Kier molecular flexibility index (Phi) is 7.24. The lowest BCUT2D eigenvalue weighted by Crippen LogP contribution is -2.41. The van der Waals surface area contributed by atoms with Crippen molar-refractivity contribution in [2.24, 2.45) is 0 Å². The number of nitrogens with one attached hydrogen (secondary N) is 2. The Morgan fingerprint density at radius 3 is 2.68 bits per heavy atom. The molecule has 0 bridgehead atoms. The Bertz CT molecular complexity index is 781. The molecule has 1 heterocycles. The molecular formula is C14H18ClN5O3S2. The van der Waals surface area contributed by atoms with E-state index >= 15 is 0 Å². The first-order valence-electron chi connectivity index (χ1n) is 7.44. The van der Waals surface area contributed by atoms with Gasteiger partial charge in [-0.1, -0.05) is 30.3 Å². The fourth-order valence-electron chi connectivity index (χ4n) is 1.94. The van der Waals surface area contributed by atoms with E-state index in [1.54, 1.807) is 6.92 Å². The lowest BCUT2D eigenvalue weighted by molar-refractivity contribution is -0.121. The minimum absolute atomic E-state index is 0.104. The van der Waals surface area contributed by atoms with E-state index in [0.29, 0.717) is 22.5 Å². The molecule has 1 aromatic carbocycles. The Labute approximate surface area is 155 Å². The van der Waals surface area contributed by atoms with Crippen LogP contribution in [0.25, 0.3) is 0 Å². The molecule has 0 spiro atoms. The molecule has 0 atom stereocenters. The van der Waals surface area contributed by atoms with Gasteiger partial charge >= 0.3 is 0 Å². The lowest BCUT2D eigenvalue weighted by Gasteiger charge is -2.20. The van der Waals surface area contributed by atoms with Gasteiger partial charge in [0.05, 0.1) is 11.4 Å². The van der Waals surface area contributed by atoms with E-state index in [0.717, 1.165) is 4.31 Å². The molecule has 0 unspecified atom stereocenters. The standard InChI is InChI=1S/C14H18ClN5O3S2/c1-2-20(25(22,23)12-5-3-11(15)4-6-12)9-13(21)16-7-8-24-14-17-10-18-19-14/h3-6,10H,2,7-9H2,1H3,(H,16,21)(H,17,18,19). The summed E-state index contributed by atoms with van der Waals surface area (Å²) in [6.45, 7) is 2.02. The van der Waals surface area contributed by atoms with E-state index in [9.17, 15) is 13.2 Å². The topological polar surface area (TPSA) is 108 Å². The van der Waals surface area contributed by atoms with Crippen molar-refractivity contribution in [3.05, 3.63) is 35.6 Å². The van der Waals surface area contributed by atoms with Crippen LogP contribution in [0.15, 0.2) is 40.6 Å². The van der Waals surface area contributed by atoms with Crippen molar-refractivity contribution in [1.29, 1.82) is 0 Å². The average molecular weight is 404 g/mol. The second kappa shape index (κ2) is 9.18. The van der Waals surface area contributed by atoms with Crippen LogP contribution in [-0.2, 0) is 14.8 Å². The first kappa shape index (κ1) is 19.7. The molecule has 0 aliphatic carbocycles. The lowest BCUT2D eigenvalue weighted by atomic mass is 10.4. The van der Waals surface area contributed by atoms with Gasteiger partial charge in [0.1, 0.15) is 6.33 Å². The van der Waals surface area contributed by atoms with Crippen molar-refractivity contribution < 1.29 is 13.2 Å². The van der Waals surface area contributed by atoms with Gasteiger partial charge in [-0.25, -0.2) is 13.4 Å². The fourth-order valence-corrected chi connectivity index (χ4v) is 4.11. The van der Waals surface area contributed by atoms with Crippen molar-refractivity contribution in [1.82, 2.24) is 24.8 Å². The van der Waals surface area contributed by atoms with E-state index in [-0.39, 0.29) is 23.9 Å². The van der Waals surface area contributed by atoms with Crippen molar-refractivity contribution in [3.63, 3.8) is 0 Å². The number of benzene rings is 1. The molecule has 136 valence electrons. The van der Waals surface area contributed by atoms with E-state index in [1.165, 1.54) is 42.4 Å². The Morgan fingerprint density at radius 1 is 1.36 bits per heavy atom. The quantitative estimate of drug-likeness (QED) is 0.483. The average Bonchev–Trinajstić information content (AvgIpc) is 3.10. The number of halogens is 1. The van der Waals surface area contributed by atoms with Gasteiger partial charge in [0.15, 0.2) is 5.16 Å². The maximum absolute atomic E-state index is 12.6. The molecule has 0 saturated heterocycles. The molecule has 0 radical (unpaired) electrons. The highest BCUT2D eigenvalue weighted by atomic mass is 35.5. The van der Waals surface area contributed by atoms with Crippen molar-refractivity contribution in [2.75, 3.05) is 25.4 Å². The monoisotopic (exact) mass is 403 g/mol. The highest BCUT2D eigenvalue weighted by molar-refractivity contribution is 7.99. The number of carbonyl (C=O) groups is 1. The number of carbonyl (C=O) groups excluding carboxylic acids is 1. The molecule has 0 aliphatic heterocycles. The Morgan fingerprint density at radius 2 is 2.08 bits per heavy atom. The molecular weight excluding hydrogens is 386 g/mol. The predicted octanol–water partition coefficient (Wildman–Crippen LogP) is 1.38. The highest BCUT2D eigenvalue weighted by Gasteiger charge is 2.25. The smallest absolute Gasteiger partial charge is 0.243 e. The molecule has 0 fully saturated rings. The fraction of sp³-hybridized carbons (Fsp3) is 0.357. The second-order valence-electron chi connectivity index (χ2n) is 4.87. The Hall–Kier alpha value is -1.62. The van der Waals surface area contributed by atoms with E-state index in [1.807, 2.05) is 0 Å². The van der Waals surface area contributed by atoms with E-state index in [2.05, 4.69) is 20.5 Å². The molecule has 11 heteroatoms. The van der Waals surface area contributed by atoms with Crippen LogP contribution >= 0.6 is 23.4 Å². The molecule has 2 rings (SSSR count). The summed E-state index contributed by atoms with van der Waals surface area (Å²) in [6, 6.07) is 5.85. The van der Waals surface area contributed by atoms with Gasteiger partial charge in [-0.05, 0) is 24.3 Å². The number of aromatic nitrogens is 3. The van der Waals surface area contributed by atoms with Crippen LogP contribution in [0.3, 0.4) is 0 Å². The summed E-state index contributed by atoms with van der Waals surface area (Å²) in [7, 11) is -3.74. The van der Waals surface area contributed by atoms with Gasteiger partial charge in [0.25, 0.3) is 0 Å². The molecule has 1 aromatic heterocycles. The molecule has 0 aliphatic rings. The van der Waals surface area contributed by atoms with Crippen LogP contribution in [0.4, 0.5) is 0 Å². The third kappa shape index (κ3) is 5.70. The largest absolute Gasteiger partial charge is 0.354 e. The summed E-state index contributed by atoms with van der Waals surface area (Å²) in [5.41, 5.74) is 0. The SMILES string of the molecule is CCN(CC(=O)NCCSc1ncn[nH]1)S(=O)(=O)c1ccc(Cl)cc1. The molecule has 2 aromatic rings. The van der Waals surface area contributed by atoms with E-state index in [4.69, 9.17) is 11.6 Å². The third-order valence-corrected chi connectivity index (χ3v) is 6.25. The summed E-state index contributed by atoms with van der Waals surface area (Å²) >= 11 is 7.19. The van der Waals surface area contributed by atoms with Gasteiger partial charge in [-0.15, -0.1) is 0 Å². The summed E-state index contributed by atoms with van der Waals surface area (Å²) in [5, 5.41) is 10.2. The minimum atomic E-state index is -3.74. The van der Waals surface area contributed by atoms with Gasteiger partial charge in [0, 0.05) is 23.9 Å². The molecule has 25 heavy (non-hydrogen) atoms.